The molecule has 8 nitrogen and oxygen atoms in total. The van der Waals surface area contributed by atoms with Crippen molar-refractivity contribution in [1.29, 1.82) is 0 Å². The Morgan fingerprint density at radius 2 is 2.08 bits per heavy atom. The van der Waals surface area contributed by atoms with Crippen LogP contribution < -0.4 is 5.43 Å². The van der Waals surface area contributed by atoms with Crippen molar-refractivity contribution in [1.82, 2.24) is 10.4 Å². The van der Waals surface area contributed by atoms with E-state index in [1.54, 1.807) is 12.1 Å². The molecule has 0 saturated carbocycles. The SMILES string of the molecule is C=CC[C@H]1[C@H](C(=O)OC)OC(=O)N1NC(=O)OCc1ccccc1. The molecule has 8 heteroatoms. The van der Waals surface area contributed by atoms with E-state index in [1.165, 1.54) is 13.2 Å². The van der Waals surface area contributed by atoms with Gasteiger partial charge in [-0.3, -0.25) is 0 Å². The van der Waals surface area contributed by atoms with Crippen LogP contribution in [0.3, 0.4) is 0 Å². The number of cyclic esters (lactones) is 1. The second kappa shape index (κ2) is 8.00. The average Bonchev–Trinajstić information content (AvgIpc) is 2.90. The van der Waals surface area contributed by atoms with Crippen LogP contribution in [-0.2, 0) is 25.6 Å². The molecular weight excluding hydrogens is 316 g/mol. The first kappa shape index (κ1) is 17.3. The third-order valence-corrected chi connectivity index (χ3v) is 3.37. The number of nitrogens with zero attached hydrogens (tertiary/aromatic N) is 1. The molecule has 1 N–H and O–H groups in total. The number of ether oxygens (including phenoxy) is 3. The molecule has 0 unspecified atom stereocenters. The summed E-state index contributed by atoms with van der Waals surface area (Å²) in [4.78, 5) is 35.5. The molecule has 2 rings (SSSR count). The van der Waals surface area contributed by atoms with Gasteiger partial charge in [-0.1, -0.05) is 36.4 Å². The fourth-order valence-electron chi connectivity index (χ4n) is 2.22. The van der Waals surface area contributed by atoms with Crippen LogP contribution in [0.4, 0.5) is 9.59 Å². The Morgan fingerprint density at radius 3 is 2.71 bits per heavy atom. The van der Waals surface area contributed by atoms with Gasteiger partial charge in [0.25, 0.3) is 0 Å². The van der Waals surface area contributed by atoms with E-state index in [1.807, 2.05) is 18.2 Å². The summed E-state index contributed by atoms with van der Waals surface area (Å²) in [5, 5.41) is 0.913. The molecule has 0 spiro atoms. The van der Waals surface area contributed by atoms with E-state index < -0.39 is 30.3 Å². The van der Waals surface area contributed by atoms with Crippen LogP contribution in [0.25, 0.3) is 0 Å². The Morgan fingerprint density at radius 1 is 1.38 bits per heavy atom. The molecule has 0 radical (unpaired) electrons. The number of hydrogen-bond donors (Lipinski definition) is 1. The van der Waals surface area contributed by atoms with Gasteiger partial charge in [-0.05, 0) is 12.0 Å². The largest absolute Gasteiger partial charge is 0.466 e. The van der Waals surface area contributed by atoms with Gasteiger partial charge in [-0.2, -0.15) is 0 Å². The maximum absolute atomic E-state index is 11.9. The molecule has 1 fully saturated rings. The number of methoxy groups -OCH3 is 1. The second-order valence-electron chi connectivity index (χ2n) is 4.96. The standard InChI is InChI=1S/C16H18N2O6/c1-3-7-12-13(14(19)22-2)24-16(21)18(12)17-15(20)23-10-11-8-5-4-6-9-11/h3-6,8-9,12-13H,1,7,10H2,2H3,(H,17,20)/t12-,13+/m0/s1. The average molecular weight is 334 g/mol. The van der Waals surface area contributed by atoms with Gasteiger partial charge in [0, 0.05) is 0 Å². The minimum absolute atomic E-state index is 0.0438. The Kier molecular flexibility index (Phi) is 5.78. The minimum atomic E-state index is -1.14. The number of nitrogens with one attached hydrogen (secondary N) is 1. The third kappa shape index (κ3) is 4.03. The molecule has 1 aliphatic rings. The van der Waals surface area contributed by atoms with E-state index in [0.29, 0.717) is 0 Å². The molecule has 0 aromatic heterocycles. The van der Waals surface area contributed by atoms with Crippen LogP contribution in [0.15, 0.2) is 43.0 Å². The quantitative estimate of drug-likeness (QED) is 0.484. The van der Waals surface area contributed by atoms with Gasteiger partial charge in [0.1, 0.15) is 12.6 Å². The predicted octanol–water partition coefficient (Wildman–Crippen LogP) is 1.77. The first-order valence-corrected chi connectivity index (χ1v) is 7.22. The summed E-state index contributed by atoms with van der Waals surface area (Å²) in [6.45, 7) is 3.61. The molecule has 2 atom stereocenters. The summed E-state index contributed by atoms with van der Waals surface area (Å²) < 4.78 is 14.6. The molecular formula is C16H18N2O6. The van der Waals surface area contributed by atoms with Crippen LogP contribution in [0.1, 0.15) is 12.0 Å². The van der Waals surface area contributed by atoms with Crippen LogP contribution in [0.2, 0.25) is 0 Å². The van der Waals surface area contributed by atoms with E-state index in [0.717, 1.165) is 10.6 Å². The number of hydrazine groups is 1. The lowest BCUT2D eigenvalue weighted by Crippen LogP contribution is -2.50. The summed E-state index contributed by atoms with van der Waals surface area (Å²) in [7, 11) is 1.19. The van der Waals surface area contributed by atoms with Gasteiger partial charge in [-0.25, -0.2) is 24.8 Å². The Bertz CT molecular complexity index is 618. The summed E-state index contributed by atoms with van der Waals surface area (Å²) in [6, 6.07) is 8.31. The zero-order chi connectivity index (χ0) is 17.5. The monoisotopic (exact) mass is 334 g/mol. The second-order valence-corrected chi connectivity index (χ2v) is 4.96. The van der Waals surface area contributed by atoms with Crippen LogP contribution in [0.5, 0.6) is 0 Å². The maximum Gasteiger partial charge on any atom is 0.430 e. The highest BCUT2D eigenvalue weighted by molar-refractivity contribution is 5.84. The molecule has 1 heterocycles. The third-order valence-electron chi connectivity index (χ3n) is 3.37. The van der Waals surface area contributed by atoms with Gasteiger partial charge in [0.15, 0.2) is 0 Å². The Hall–Kier alpha value is -3.03. The topological polar surface area (TPSA) is 94.2 Å². The molecule has 24 heavy (non-hydrogen) atoms. The summed E-state index contributed by atoms with van der Waals surface area (Å²) in [5.41, 5.74) is 3.08. The lowest BCUT2D eigenvalue weighted by molar-refractivity contribution is -0.150. The highest BCUT2D eigenvalue weighted by atomic mass is 16.6. The molecule has 1 saturated heterocycles. The van der Waals surface area contributed by atoms with Crippen LogP contribution in [-0.4, -0.2) is 42.4 Å². The van der Waals surface area contributed by atoms with Gasteiger partial charge in [0.2, 0.25) is 6.10 Å². The molecule has 0 bridgehead atoms. The molecule has 2 amide bonds. The number of rotatable bonds is 6. The minimum Gasteiger partial charge on any atom is -0.466 e. The molecule has 1 aromatic rings. The van der Waals surface area contributed by atoms with Crippen molar-refractivity contribution in [2.24, 2.45) is 0 Å². The number of hydrogen-bond acceptors (Lipinski definition) is 6. The van der Waals surface area contributed by atoms with E-state index in [-0.39, 0.29) is 13.0 Å². The van der Waals surface area contributed by atoms with Gasteiger partial charge < -0.3 is 14.2 Å². The highest BCUT2D eigenvalue weighted by Crippen LogP contribution is 2.22. The smallest absolute Gasteiger partial charge is 0.430 e. The molecule has 0 aliphatic carbocycles. The normalized spacial score (nSPS) is 19.4. The fraction of sp³-hybridized carbons (Fsp3) is 0.312. The van der Waals surface area contributed by atoms with Gasteiger partial charge in [-0.15, -0.1) is 6.58 Å². The Labute approximate surface area is 138 Å². The van der Waals surface area contributed by atoms with Gasteiger partial charge in [0.05, 0.1) is 7.11 Å². The lowest BCUT2D eigenvalue weighted by Gasteiger charge is -2.22. The van der Waals surface area contributed by atoms with Crippen molar-refractivity contribution in [2.75, 3.05) is 7.11 Å². The van der Waals surface area contributed by atoms with Gasteiger partial charge >= 0.3 is 18.2 Å². The van der Waals surface area contributed by atoms with Crippen molar-refractivity contribution in [3.63, 3.8) is 0 Å². The van der Waals surface area contributed by atoms with E-state index in [9.17, 15) is 14.4 Å². The summed E-state index contributed by atoms with van der Waals surface area (Å²) in [6.07, 6.45) is -1.11. The van der Waals surface area contributed by atoms with Crippen molar-refractivity contribution >= 4 is 18.2 Å². The molecule has 128 valence electrons. The predicted molar refractivity (Wildman–Crippen MR) is 82.5 cm³/mol. The Balaban J connectivity index is 1.98. The number of esters is 1. The van der Waals surface area contributed by atoms with Crippen molar-refractivity contribution in [3.8, 4) is 0 Å². The zero-order valence-corrected chi connectivity index (χ0v) is 13.1. The zero-order valence-electron chi connectivity index (χ0n) is 13.1. The number of benzene rings is 1. The highest BCUT2D eigenvalue weighted by Gasteiger charge is 2.47. The first-order valence-electron chi connectivity index (χ1n) is 7.22. The van der Waals surface area contributed by atoms with Crippen molar-refractivity contribution in [3.05, 3.63) is 48.6 Å². The van der Waals surface area contributed by atoms with E-state index in [4.69, 9.17) is 9.47 Å². The number of carbonyl (C=O) groups excluding carboxylic acids is 3. The number of amides is 2. The van der Waals surface area contributed by atoms with Crippen molar-refractivity contribution in [2.45, 2.75) is 25.2 Å². The van der Waals surface area contributed by atoms with Crippen molar-refractivity contribution < 1.29 is 28.6 Å². The fourth-order valence-corrected chi connectivity index (χ4v) is 2.22. The molecule has 1 aromatic carbocycles. The van der Waals surface area contributed by atoms with Crippen LogP contribution >= 0.6 is 0 Å². The maximum atomic E-state index is 11.9. The number of carbonyl (C=O) groups is 3. The van der Waals surface area contributed by atoms with E-state index in [2.05, 4.69) is 16.7 Å². The first-order chi connectivity index (χ1) is 11.6. The summed E-state index contributed by atoms with van der Waals surface area (Å²) >= 11 is 0. The summed E-state index contributed by atoms with van der Waals surface area (Å²) in [5.74, 6) is -0.711. The van der Waals surface area contributed by atoms with Crippen LogP contribution in [0, 0.1) is 0 Å². The molecule has 1 aliphatic heterocycles. The van der Waals surface area contributed by atoms with E-state index >= 15 is 0 Å². The lowest BCUT2D eigenvalue weighted by atomic mass is 10.1.